The molecule has 0 spiro atoms. The Morgan fingerprint density at radius 1 is 1.27 bits per heavy atom. The van der Waals surface area contributed by atoms with E-state index in [0.29, 0.717) is 59.9 Å². The molecule has 2 aliphatic heterocycles. The van der Waals surface area contributed by atoms with Crippen LogP contribution in [0, 0.1) is 5.82 Å². The molecule has 192 valence electrons. The number of hydrogen-bond donors (Lipinski definition) is 2. The summed E-state index contributed by atoms with van der Waals surface area (Å²) < 4.78 is 25.2. The summed E-state index contributed by atoms with van der Waals surface area (Å²) in [4.78, 5) is 34.9. The maximum Gasteiger partial charge on any atom is 0.248 e. The highest BCUT2D eigenvalue weighted by molar-refractivity contribution is 6.31. The Morgan fingerprint density at radius 3 is 2.86 bits per heavy atom. The summed E-state index contributed by atoms with van der Waals surface area (Å²) in [5.74, 6) is 0.0643. The van der Waals surface area contributed by atoms with E-state index in [1.807, 2.05) is 0 Å². The zero-order valence-corrected chi connectivity index (χ0v) is 20.8. The predicted molar refractivity (Wildman–Crippen MR) is 138 cm³/mol. The third-order valence-corrected chi connectivity index (χ3v) is 6.66. The van der Waals surface area contributed by atoms with Crippen LogP contribution in [-0.4, -0.2) is 59.1 Å². The quantitative estimate of drug-likeness (QED) is 0.439. The number of amides is 2. The summed E-state index contributed by atoms with van der Waals surface area (Å²) in [7, 11) is 1.73. The van der Waals surface area contributed by atoms with Gasteiger partial charge in [0.15, 0.2) is 0 Å². The molecule has 0 aliphatic carbocycles. The molecular formula is C26H25ClFN5O4. The number of carbonyl (C=O) groups excluding carboxylic acids is 2. The van der Waals surface area contributed by atoms with Crippen molar-refractivity contribution in [3.05, 3.63) is 59.7 Å². The molecule has 2 unspecified atom stereocenters. The molecule has 1 aromatic heterocycles. The number of ether oxygens (including phenoxy) is 2. The molecule has 37 heavy (non-hydrogen) atoms. The smallest absolute Gasteiger partial charge is 0.248 e. The molecule has 0 saturated carbocycles. The van der Waals surface area contributed by atoms with Crippen LogP contribution in [0.5, 0.6) is 5.75 Å². The molecule has 2 aromatic carbocycles. The number of hydrogen-bond acceptors (Lipinski definition) is 7. The van der Waals surface area contributed by atoms with Crippen LogP contribution in [-0.2, 0) is 14.3 Å². The normalized spacial score (nSPS) is 19.6. The van der Waals surface area contributed by atoms with Gasteiger partial charge in [-0.05, 0) is 30.7 Å². The van der Waals surface area contributed by atoms with Crippen molar-refractivity contribution < 1.29 is 23.5 Å². The number of benzene rings is 2. The van der Waals surface area contributed by atoms with Gasteiger partial charge in [-0.1, -0.05) is 17.7 Å². The lowest BCUT2D eigenvalue weighted by atomic mass is 10.1. The summed E-state index contributed by atoms with van der Waals surface area (Å²) in [6.45, 7) is 1.06. The van der Waals surface area contributed by atoms with Crippen LogP contribution in [0.25, 0.3) is 10.9 Å². The fraction of sp³-hybridized carbons (Fsp3) is 0.308. The monoisotopic (exact) mass is 525 g/mol. The number of likely N-dealkylation sites (tertiary alicyclic amines) is 1. The molecule has 2 atom stereocenters. The van der Waals surface area contributed by atoms with Crippen molar-refractivity contribution >= 4 is 51.5 Å². The second-order valence-electron chi connectivity index (χ2n) is 8.90. The van der Waals surface area contributed by atoms with Crippen LogP contribution in [0.15, 0.2) is 48.8 Å². The van der Waals surface area contributed by atoms with Crippen molar-refractivity contribution in [2.75, 3.05) is 30.9 Å². The predicted octanol–water partition coefficient (Wildman–Crippen LogP) is 4.45. The minimum atomic E-state index is -0.524. The van der Waals surface area contributed by atoms with Crippen LogP contribution in [0.4, 0.5) is 21.6 Å². The Balaban J connectivity index is 1.45. The Morgan fingerprint density at radius 2 is 2.14 bits per heavy atom. The highest BCUT2D eigenvalue weighted by Crippen LogP contribution is 2.35. The molecule has 3 heterocycles. The van der Waals surface area contributed by atoms with Gasteiger partial charge in [0.2, 0.25) is 11.8 Å². The highest BCUT2D eigenvalue weighted by atomic mass is 35.5. The maximum absolute atomic E-state index is 13.6. The molecule has 2 amide bonds. The fourth-order valence-electron chi connectivity index (χ4n) is 4.30. The Hall–Kier alpha value is -3.76. The first-order valence-electron chi connectivity index (χ1n) is 11.9. The Bertz CT molecular complexity index is 1380. The van der Waals surface area contributed by atoms with Crippen LogP contribution in [0.1, 0.15) is 19.3 Å². The molecule has 3 aromatic rings. The Labute approximate surface area is 217 Å². The summed E-state index contributed by atoms with van der Waals surface area (Å²) in [6, 6.07) is 7.61. The van der Waals surface area contributed by atoms with Gasteiger partial charge in [0.1, 0.15) is 29.8 Å². The van der Waals surface area contributed by atoms with E-state index in [-0.39, 0.29) is 29.0 Å². The van der Waals surface area contributed by atoms with Gasteiger partial charge in [0.05, 0.1) is 35.5 Å². The number of fused-ring (bicyclic) bond motifs is 1. The van der Waals surface area contributed by atoms with Gasteiger partial charge < -0.3 is 25.0 Å². The van der Waals surface area contributed by atoms with E-state index >= 15 is 0 Å². The van der Waals surface area contributed by atoms with E-state index in [4.69, 9.17) is 21.1 Å². The van der Waals surface area contributed by atoms with Gasteiger partial charge in [-0.2, -0.15) is 0 Å². The number of likely N-dealkylation sites (N-methyl/N-ethyl adjacent to an activating group) is 1. The topological polar surface area (TPSA) is 106 Å². The average molecular weight is 526 g/mol. The first-order chi connectivity index (χ1) is 17.9. The van der Waals surface area contributed by atoms with E-state index in [2.05, 4.69) is 20.6 Å². The van der Waals surface area contributed by atoms with Crippen LogP contribution in [0.2, 0.25) is 5.02 Å². The SMILES string of the molecule is CN1C(=O)CCC1C=CC(=O)Nc1cc2c(Nc3ccc(F)c(Cl)c3)ncnc2cc1OC1CCOC1. The molecule has 5 rings (SSSR count). The second kappa shape index (κ2) is 10.7. The van der Waals surface area contributed by atoms with E-state index in [1.165, 1.54) is 24.5 Å². The Kier molecular flexibility index (Phi) is 7.20. The first-order valence-corrected chi connectivity index (χ1v) is 12.3. The zero-order chi connectivity index (χ0) is 25.9. The van der Waals surface area contributed by atoms with Crippen LogP contribution >= 0.6 is 11.6 Å². The van der Waals surface area contributed by atoms with Gasteiger partial charge in [-0.25, -0.2) is 14.4 Å². The second-order valence-corrected chi connectivity index (χ2v) is 9.31. The third-order valence-electron chi connectivity index (χ3n) is 6.37. The fourth-order valence-corrected chi connectivity index (χ4v) is 4.48. The lowest BCUT2D eigenvalue weighted by Crippen LogP contribution is -2.27. The summed E-state index contributed by atoms with van der Waals surface area (Å²) in [6.07, 6.45) is 6.27. The number of aromatic nitrogens is 2. The first kappa shape index (κ1) is 24.9. The van der Waals surface area contributed by atoms with Gasteiger partial charge in [0.25, 0.3) is 0 Å². The number of carbonyl (C=O) groups is 2. The molecule has 0 bridgehead atoms. The zero-order valence-electron chi connectivity index (χ0n) is 20.0. The van der Waals surface area contributed by atoms with E-state index < -0.39 is 5.82 Å². The number of anilines is 3. The van der Waals surface area contributed by atoms with Crippen LogP contribution < -0.4 is 15.4 Å². The van der Waals surface area contributed by atoms with Crippen LogP contribution in [0.3, 0.4) is 0 Å². The molecule has 2 saturated heterocycles. The van der Waals surface area contributed by atoms with Crippen molar-refractivity contribution in [3.8, 4) is 5.75 Å². The molecule has 11 heteroatoms. The molecule has 9 nitrogen and oxygen atoms in total. The number of nitrogens with zero attached hydrogens (tertiary/aromatic N) is 3. The number of nitrogens with one attached hydrogen (secondary N) is 2. The number of halogens is 2. The summed E-state index contributed by atoms with van der Waals surface area (Å²) >= 11 is 5.93. The van der Waals surface area contributed by atoms with Crippen molar-refractivity contribution in [3.63, 3.8) is 0 Å². The third kappa shape index (κ3) is 5.65. The highest BCUT2D eigenvalue weighted by Gasteiger charge is 2.25. The summed E-state index contributed by atoms with van der Waals surface area (Å²) in [5, 5.41) is 6.61. The van der Waals surface area contributed by atoms with Gasteiger partial charge in [-0.3, -0.25) is 9.59 Å². The van der Waals surface area contributed by atoms with E-state index in [9.17, 15) is 14.0 Å². The standard InChI is InChI=1S/C26H25ClFN5O4/c1-33-16(4-7-25(33)35)3-6-24(34)32-22-11-18-21(12-23(22)37-17-8-9-36-13-17)29-14-30-26(18)31-15-2-5-20(28)19(27)10-15/h2-3,5-6,10-12,14,16-17H,4,7-9,13H2,1H3,(H,32,34)(H,29,30,31). The largest absolute Gasteiger partial charge is 0.486 e. The number of rotatable bonds is 7. The van der Waals surface area contributed by atoms with Crippen molar-refractivity contribution in [1.82, 2.24) is 14.9 Å². The average Bonchev–Trinajstić information content (AvgIpc) is 3.50. The molecule has 0 radical (unpaired) electrons. The van der Waals surface area contributed by atoms with E-state index in [0.717, 1.165) is 6.42 Å². The minimum Gasteiger partial charge on any atom is -0.486 e. The van der Waals surface area contributed by atoms with Crippen molar-refractivity contribution in [2.45, 2.75) is 31.4 Å². The minimum absolute atomic E-state index is 0.0211. The van der Waals surface area contributed by atoms with E-state index in [1.54, 1.807) is 36.2 Å². The lowest BCUT2D eigenvalue weighted by Gasteiger charge is -2.18. The maximum atomic E-state index is 13.6. The lowest BCUT2D eigenvalue weighted by molar-refractivity contribution is -0.127. The van der Waals surface area contributed by atoms with Gasteiger partial charge in [0, 0.05) is 43.1 Å². The summed E-state index contributed by atoms with van der Waals surface area (Å²) in [5.41, 5.74) is 1.55. The molecule has 2 N–H and O–H groups in total. The molecule has 2 aliphatic rings. The molecule has 2 fully saturated rings. The van der Waals surface area contributed by atoms with Gasteiger partial charge >= 0.3 is 0 Å². The van der Waals surface area contributed by atoms with Crippen molar-refractivity contribution in [1.29, 1.82) is 0 Å². The molecular weight excluding hydrogens is 501 g/mol. The van der Waals surface area contributed by atoms with Gasteiger partial charge in [-0.15, -0.1) is 0 Å². The van der Waals surface area contributed by atoms with Crippen molar-refractivity contribution in [2.24, 2.45) is 0 Å².